The van der Waals surface area contributed by atoms with Crippen LogP contribution in [0.3, 0.4) is 0 Å². The average Bonchev–Trinajstić information content (AvgIpc) is 2.67. The molecule has 0 saturated heterocycles. The summed E-state index contributed by atoms with van der Waals surface area (Å²) in [5.41, 5.74) is 3.39. The summed E-state index contributed by atoms with van der Waals surface area (Å²) in [6.07, 6.45) is 5.81. The molecule has 2 rings (SSSR count). The van der Waals surface area contributed by atoms with Crippen LogP contribution in [0.25, 0.3) is 0 Å². The standard InChI is InChI=1S/C18H35OSeSi/c1-17(2)14-10-11-18(17,3)16(19-4)15(14)20(5)12-9-13-21(6,7)8/h9,13-16H,10-12H2,1-8H3/q+1/b13-9+/t14-,15-,16-,18+,20?/m1/s1. The maximum absolute atomic E-state index is 6.08. The molecule has 2 aliphatic carbocycles. The molecule has 0 spiro atoms. The van der Waals surface area contributed by atoms with Gasteiger partial charge in [-0.2, -0.15) is 0 Å². The molecule has 0 amide bonds. The summed E-state index contributed by atoms with van der Waals surface area (Å²) >= 11 is -0.629. The van der Waals surface area contributed by atoms with E-state index in [2.05, 4.69) is 58.0 Å². The van der Waals surface area contributed by atoms with E-state index in [0.717, 1.165) is 10.7 Å². The molecule has 0 aromatic rings. The molecule has 0 heterocycles. The van der Waals surface area contributed by atoms with Crippen molar-refractivity contribution < 1.29 is 4.74 Å². The summed E-state index contributed by atoms with van der Waals surface area (Å²) in [5, 5.41) is 1.34. The molecule has 1 nitrogen and oxygen atoms in total. The summed E-state index contributed by atoms with van der Waals surface area (Å²) < 4.78 is 6.08. The normalized spacial score (nSPS) is 40.1. The molecule has 5 atom stereocenters. The SMILES string of the molecule is CO[C@@H]1[C@H]([Se+](C)C/C=C/[Si](C)(C)C)[C@H]2CC[C@]1(C)C2(C)C. The predicted octanol–water partition coefficient (Wildman–Crippen LogP) is 5.39. The number of allylic oxidation sites excluding steroid dienone is 1. The van der Waals surface area contributed by atoms with Gasteiger partial charge in [0.1, 0.15) is 0 Å². The first-order chi connectivity index (χ1) is 9.54. The first-order valence-corrected chi connectivity index (χ1v) is 15.9. The topological polar surface area (TPSA) is 9.23 Å². The van der Waals surface area contributed by atoms with Crippen molar-refractivity contribution in [2.24, 2.45) is 16.7 Å². The predicted molar refractivity (Wildman–Crippen MR) is 98.1 cm³/mol. The Morgan fingerprint density at radius 1 is 1.24 bits per heavy atom. The van der Waals surface area contributed by atoms with Crippen LogP contribution in [0.2, 0.25) is 35.6 Å². The Kier molecular flexibility index (Phi) is 4.92. The van der Waals surface area contributed by atoms with Crippen LogP contribution in [0.5, 0.6) is 0 Å². The van der Waals surface area contributed by atoms with Gasteiger partial charge in [0.2, 0.25) is 0 Å². The van der Waals surface area contributed by atoms with Crippen molar-refractivity contribution in [3.63, 3.8) is 0 Å². The van der Waals surface area contributed by atoms with Gasteiger partial charge in [-0.25, -0.2) is 0 Å². The second-order valence-corrected chi connectivity index (χ2v) is 18.8. The molecule has 2 aliphatic rings. The zero-order valence-corrected chi connectivity index (χ0v) is 18.0. The van der Waals surface area contributed by atoms with E-state index in [1.54, 1.807) is 0 Å². The molecule has 0 N–H and O–H groups in total. The Labute approximate surface area is 137 Å². The van der Waals surface area contributed by atoms with Crippen LogP contribution in [0, 0.1) is 16.7 Å². The molecule has 1 unspecified atom stereocenters. The number of fused-ring (bicyclic) bond motifs is 2. The third-order valence-corrected chi connectivity index (χ3v) is 12.3. The quantitative estimate of drug-likeness (QED) is 0.587. The van der Waals surface area contributed by atoms with E-state index in [1.807, 2.05) is 7.11 Å². The molecule has 122 valence electrons. The van der Waals surface area contributed by atoms with Crippen molar-refractivity contribution in [1.29, 1.82) is 0 Å². The van der Waals surface area contributed by atoms with Gasteiger partial charge in [-0.15, -0.1) is 0 Å². The molecule has 2 bridgehead atoms. The summed E-state index contributed by atoms with van der Waals surface area (Å²) in [6.45, 7) is 14.8. The van der Waals surface area contributed by atoms with E-state index >= 15 is 0 Å². The van der Waals surface area contributed by atoms with Gasteiger partial charge in [-0.3, -0.25) is 0 Å². The van der Waals surface area contributed by atoms with E-state index in [0.29, 0.717) is 16.9 Å². The number of hydrogen-bond donors (Lipinski definition) is 0. The Hall–Kier alpha value is 0.436. The van der Waals surface area contributed by atoms with E-state index < -0.39 is 22.0 Å². The number of rotatable bonds is 5. The molecule has 0 radical (unpaired) electrons. The van der Waals surface area contributed by atoms with E-state index in [4.69, 9.17) is 4.74 Å². The van der Waals surface area contributed by atoms with E-state index in [1.165, 1.54) is 18.2 Å². The number of methoxy groups -OCH3 is 1. The Balaban J connectivity index is 2.14. The first-order valence-electron chi connectivity index (χ1n) is 8.36. The number of hydrogen-bond acceptors (Lipinski definition) is 1. The zero-order valence-electron chi connectivity index (χ0n) is 15.3. The Bertz CT molecular complexity index is 412. The fraction of sp³-hybridized carbons (Fsp3) is 0.889. The van der Waals surface area contributed by atoms with Crippen molar-refractivity contribution >= 4 is 22.0 Å². The van der Waals surface area contributed by atoms with Crippen molar-refractivity contribution in [3.8, 4) is 0 Å². The van der Waals surface area contributed by atoms with Crippen LogP contribution in [-0.2, 0) is 4.74 Å². The number of ether oxygens (including phenoxy) is 1. The summed E-state index contributed by atoms with van der Waals surface area (Å²) in [7, 11) is 0.914. The molecule has 0 aliphatic heterocycles. The molecule has 0 aromatic carbocycles. The molecule has 2 fully saturated rings. The molecule has 21 heavy (non-hydrogen) atoms. The van der Waals surface area contributed by atoms with Crippen molar-refractivity contribution in [2.45, 2.75) is 75.3 Å². The van der Waals surface area contributed by atoms with Gasteiger partial charge < -0.3 is 0 Å². The zero-order chi connectivity index (χ0) is 16.1. The molecular weight excluding hydrogens is 339 g/mol. The fourth-order valence-electron chi connectivity index (χ4n) is 4.77. The van der Waals surface area contributed by atoms with Gasteiger partial charge in [0.25, 0.3) is 0 Å². The van der Waals surface area contributed by atoms with Gasteiger partial charge in [0.15, 0.2) is 0 Å². The fourth-order valence-corrected chi connectivity index (χ4v) is 11.2. The summed E-state index contributed by atoms with van der Waals surface area (Å²) in [4.78, 5) is 0.857. The molecular formula is C18H35OSeSi+. The Morgan fingerprint density at radius 2 is 1.86 bits per heavy atom. The van der Waals surface area contributed by atoms with Crippen molar-refractivity contribution in [3.05, 3.63) is 11.8 Å². The molecule has 2 saturated carbocycles. The van der Waals surface area contributed by atoms with Crippen LogP contribution in [0.15, 0.2) is 11.8 Å². The van der Waals surface area contributed by atoms with Crippen LogP contribution in [-0.4, -0.2) is 35.2 Å². The minimum atomic E-state index is -1.04. The van der Waals surface area contributed by atoms with Crippen LogP contribution >= 0.6 is 0 Å². The minimum absolute atomic E-state index is 0.400. The van der Waals surface area contributed by atoms with E-state index in [9.17, 15) is 0 Å². The van der Waals surface area contributed by atoms with Crippen molar-refractivity contribution in [1.82, 2.24) is 0 Å². The van der Waals surface area contributed by atoms with Gasteiger partial charge in [-0.1, -0.05) is 0 Å². The first kappa shape index (κ1) is 17.8. The van der Waals surface area contributed by atoms with Crippen LogP contribution in [0.4, 0.5) is 0 Å². The maximum atomic E-state index is 6.08. The van der Waals surface area contributed by atoms with Gasteiger partial charge in [0, 0.05) is 0 Å². The molecule has 0 aromatic heterocycles. The summed E-state index contributed by atoms with van der Waals surface area (Å²) in [6, 6.07) is 0. The van der Waals surface area contributed by atoms with Crippen LogP contribution < -0.4 is 0 Å². The van der Waals surface area contributed by atoms with Gasteiger partial charge in [-0.05, 0) is 0 Å². The second kappa shape index (κ2) is 5.82. The summed E-state index contributed by atoms with van der Waals surface area (Å²) in [5.74, 6) is 3.47. The monoisotopic (exact) mass is 375 g/mol. The van der Waals surface area contributed by atoms with Crippen LogP contribution in [0.1, 0.15) is 33.6 Å². The third kappa shape index (κ3) is 2.96. The van der Waals surface area contributed by atoms with Crippen molar-refractivity contribution in [2.75, 3.05) is 7.11 Å². The molecule has 3 heteroatoms. The Morgan fingerprint density at radius 3 is 2.38 bits per heavy atom. The third-order valence-electron chi connectivity index (χ3n) is 6.39. The second-order valence-electron chi connectivity index (χ2n) is 9.03. The van der Waals surface area contributed by atoms with E-state index in [-0.39, 0.29) is 0 Å². The van der Waals surface area contributed by atoms with Gasteiger partial charge >= 0.3 is 138 Å². The average molecular weight is 375 g/mol. The van der Waals surface area contributed by atoms with Gasteiger partial charge in [0.05, 0.1) is 0 Å².